The number of nitro benzene ring substituents is 1. The van der Waals surface area contributed by atoms with Crippen LogP contribution in [0, 0.1) is 10.1 Å². The van der Waals surface area contributed by atoms with Gasteiger partial charge < -0.3 is 19.7 Å². The van der Waals surface area contributed by atoms with Crippen molar-refractivity contribution in [1.29, 1.82) is 0 Å². The molecule has 2 aromatic rings. The van der Waals surface area contributed by atoms with Gasteiger partial charge in [0, 0.05) is 30.2 Å². The first-order valence-electron chi connectivity index (χ1n) is 9.14. The normalized spacial score (nSPS) is 10.3. The second-order valence-corrected chi connectivity index (χ2v) is 6.54. The monoisotopic (exact) mass is 435 g/mol. The molecule has 2 aromatic carbocycles. The minimum Gasteiger partial charge on any atom is -0.495 e. The van der Waals surface area contributed by atoms with Gasteiger partial charge in [0.1, 0.15) is 5.75 Å². The molecule has 0 unspecified atom stereocenters. The molecule has 0 atom stereocenters. The Kier molecular flexibility index (Phi) is 7.99. The third-order valence-corrected chi connectivity index (χ3v) is 4.52. The summed E-state index contributed by atoms with van der Waals surface area (Å²) in [5.41, 5.74) is 0.588. The van der Waals surface area contributed by atoms with E-state index in [4.69, 9.17) is 21.1 Å². The lowest BCUT2D eigenvalue weighted by atomic mass is 10.1. The molecule has 1 N–H and O–H groups in total. The zero-order chi connectivity index (χ0) is 22.3. The number of methoxy groups -OCH3 is 1. The summed E-state index contributed by atoms with van der Waals surface area (Å²) in [6.07, 6.45) is 0. The molecule has 2 rings (SSSR count). The number of nitrogens with one attached hydrogen (secondary N) is 1. The maximum absolute atomic E-state index is 12.6. The van der Waals surface area contributed by atoms with Crippen molar-refractivity contribution in [3.05, 3.63) is 57.1 Å². The quantitative estimate of drug-likeness (QED) is 0.361. The molecule has 0 radical (unpaired) electrons. The van der Waals surface area contributed by atoms with Crippen LogP contribution < -0.4 is 15.0 Å². The zero-order valence-electron chi connectivity index (χ0n) is 16.8. The van der Waals surface area contributed by atoms with Gasteiger partial charge in [-0.3, -0.25) is 14.9 Å². The van der Waals surface area contributed by atoms with Crippen molar-refractivity contribution < 1.29 is 24.0 Å². The van der Waals surface area contributed by atoms with E-state index in [1.165, 1.54) is 25.3 Å². The van der Waals surface area contributed by atoms with Gasteiger partial charge in [0.15, 0.2) is 6.61 Å². The van der Waals surface area contributed by atoms with Gasteiger partial charge in [0.2, 0.25) is 0 Å². The van der Waals surface area contributed by atoms with Crippen molar-refractivity contribution in [3.8, 4) is 5.75 Å². The molecule has 0 aromatic heterocycles. The van der Waals surface area contributed by atoms with E-state index in [0.29, 0.717) is 35.2 Å². The van der Waals surface area contributed by atoms with Crippen LogP contribution in [0.25, 0.3) is 0 Å². The van der Waals surface area contributed by atoms with E-state index in [9.17, 15) is 19.7 Å². The van der Waals surface area contributed by atoms with Crippen molar-refractivity contribution in [1.82, 2.24) is 0 Å². The molecule has 0 saturated carbocycles. The summed E-state index contributed by atoms with van der Waals surface area (Å²) in [7, 11) is 1.44. The van der Waals surface area contributed by atoms with E-state index < -0.39 is 23.4 Å². The van der Waals surface area contributed by atoms with Crippen molar-refractivity contribution in [2.45, 2.75) is 13.8 Å². The predicted molar refractivity (Wildman–Crippen MR) is 114 cm³/mol. The molecule has 30 heavy (non-hydrogen) atoms. The molecule has 1 amide bonds. The average molecular weight is 436 g/mol. The molecule has 0 bridgehead atoms. The van der Waals surface area contributed by atoms with Gasteiger partial charge >= 0.3 is 5.97 Å². The van der Waals surface area contributed by atoms with Crippen LogP contribution in [0.5, 0.6) is 5.75 Å². The predicted octanol–water partition coefficient (Wildman–Crippen LogP) is 3.90. The topological polar surface area (TPSA) is 111 Å². The first-order valence-corrected chi connectivity index (χ1v) is 9.52. The SMILES string of the molecule is CCN(CC)c1ccc([N+](=O)[O-])cc1C(=O)OCC(=O)Nc1cc(Cl)ccc1OC. The molecule has 10 heteroatoms. The van der Waals surface area contributed by atoms with Crippen molar-refractivity contribution >= 4 is 40.5 Å². The second-order valence-electron chi connectivity index (χ2n) is 6.10. The summed E-state index contributed by atoms with van der Waals surface area (Å²) in [6, 6.07) is 8.66. The Balaban J connectivity index is 2.17. The summed E-state index contributed by atoms with van der Waals surface area (Å²) in [6.45, 7) is 4.37. The number of amides is 1. The molecule has 9 nitrogen and oxygen atoms in total. The number of hydrogen-bond acceptors (Lipinski definition) is 7. The van der Waals surface area contributed by atoms with Crippen molar-refractivity contribution in [2.24, 2.45) is 0 Å². The smallest absolute Gasteiger partial charge is 0.341 e. The molecule has 0 aliphatic heterocycles. The van der Waals surface area contributed by atoms with Gasteiger partial charge in [-0.25, -0.2) is 4.79 Å². The first kappa shape index (κ1) is 23.0. The molecule has 0 saturated heterocycles. The average Bonchev–Trinajstić information content (AvgIpc) is 2.73. The molecule has 0 aliphatic carbocycles. The van der Waals surface area contributed by atoms with Crippen molar-refractivity contribution in [3.63, 3.8) is 0 Å². The fourth-order valence-electron chi connectivity index (χ4n) is 2.81. The third-order valence-electron chi connectivity index (χ3n) is 4.28. The standard InChI is InChI=1S/C20H22ClN3O6/c1-4-23(5-2)17-8-7-14(24(27)28)11-15(17)20(26)30-12-19(25)22-16-10-13(21)6-9-18(16)29-3/h6-11H,4-5,12H2,1-3H3,(H,22,25). The first-order chi connectivity index (χ1) is 14.3. The van der Waals surface area contributed by atoms with E-state index in [2.05, 4.69) is 5.32 Å². The highest BCUT2D eigenvalue weighted by atomic mass is 35.5. The third kappa shape index (κ3) is 5.60. The van der Waals surface area contributed by atoms with Crippen LogP contribution in [0.4, 0.5) is 17.1 Å². The van der Waals surface area contributed by atoms with Gasteiger partial charge in [-0.15, -0.1) is 0 Å². The molecule has 0 heterocycles. The zero-order valence-corrected chi connectivity index (χ0v) is 17.6. The maximum atomic E-state index is 12.6. The minimum absolute atomic E-state index is 0.0148. The van der Waals surface area contributed by atoms with E-state index in [0.717, 1.165) is 6.07 Å². The number of benzene rings is 2. The summed E-state index contributed by atoms with van der Waals surface area (Å²) < 4.78 is 10.3. The van der Waals surface area contributed by atoms with Crippen LogP contribution in [0.3, 0.4) is 0 Å². The summed E-state index contributed by atoms with van der Waals surface area (Å²) in [5.74, 6) is -1.06. The van der Waals surface area contributed by atoms with E-state index >= 15 is 0 Å². The Morgan fingerprint density at radius 1 is 1.17 bits per heavy atom. The van der Waals surface area contributed by atoms with Gasteiger partial charge in [-0.05, 0) is 38.1 Å². The Labute approximate surface area is 178 Å². The number of nitrogens with zero attached hydrogens (tertiary/aromatic N) is 2. The number of anilines is 2. The fraction of sp³-hybridized carbons (Fsp3) is 0.300. The highest BCUT2D eigenvalue weighted by Crippen LogP contribution is 2.28. The van der Waals surface area contributed by atoms with Gasteiger partial charge in [-0.1, -0.05) is 11.6 Å². The highest BCUT2D eigenvalue weighted by molar-refractivity contribution is 6.31. The highest BCUT2D eigenvalue weighted by Gasteiger charge is 2.21. The van der Waals surface area contributed by atoms with Gasteiger partial charge in [0.05, 0.1) is 29.0 Å². The van der Waals surface area contributed by atoms with Gasteiger partial charge in [-0.2, -0.15) is 0 Å². The van der Waals surface area contributed by atoms with Crippen LogP contribution in [0.1, 0.15) is 24.2 Å². The molecular weight excluding hydrogens is 414 g/mol. The summed E-state index contributed by atoms with van der Waals surface area (Å²) in [4.78, 5) is 37.2. The number of carbonyl (C=O) groups excluding carboxylic acids is 2. The minimum atomic E-state index is -0.839. The molecule has 0 spiro atoms. The lowest BCUT2D eigenvalue weighted by molar-refractivity contribution is -0.384. The number of ether oxygens (including phenoxy) is 2. The van der Waals surface area contributed by atoms with Crippen LogP contribution in [-0.2, 0) is 9.53 Å². The number of rotatable bonds is 9. The van der Waals surface area contributed by atoms with E-state index in [1.54, 1.807) is 12.1 Å². The summed E-state index contributed by atoms with van der Waals surface area (Å²) >= 11 is 5.93. The van der Waals surface area contributed by atoms with Crippen LogP contribution >= 0.6 is 11.6 Å². The Morgan fingerprint density at radius 2 is 1.87 bits per heavy atom. The molecule has 0 aliphatic rings. The lowest BCUT2D eigenvalue weighted by Gasteiger charge is -2.23. The second kappa shape index (κ2) is 10.4. The van der Waals surface area contributed by atoms with Crippen molar-refractivity contribution in [2.75, 3.05) is 37.0 Å². The number of nitro groups is 1. The number of non-ortho nitro benzene ring substituents is 1. The van der Waals surface area contributed by atoms with E-state index in [-0.39, 0.29) is 11.3 Å². The Morgan fingerprint density at radius 3 is 2.47 bits per heavy atom. The number of carbonyl (C=O) groups is 2. The number of esters is 1. The molecule has 0 fully saturated rings. The van der Waals surface area contributed by atoms with Gasteiger partial charge in [0.25, 0.3) is 11.6 Å². The number of hydrogen-bond donors (Lipinski definition) is 1. The largest absolute Gasteiger partial charge is 0.495 e. The Bertz CT molecular complexity index is 946. The summed E-state index contributed by atoms with van der Waals surface area (Å²) in [5, 5.41) is 14.1. The maximum Gasteiger partial charge on any atom is 0.341 e. The molecular formula is C20H22ClN3O6. The van der Waals surface area contributed by atoms with Crippen LogP contribution in [0.15, 0.2) is 36.4 Å². The van der Waals surface area contributed by atoms with E-state index in [1.807, 2.05) is 18.7 Å². The van der Waals surface area contributed by atoms with Crippen LogP contribution in [0.2, 0.25) is 5.02 Å². The lowest BCUT2D eigenvalue weighted by Crippen LogP contribution is -2.26. The van der Waals surface area contributed by atoms with Crippen LogP contribution in [-0.4, -0.2) is 43.6 Å². The molecule has 160 valence electrons. The fourth-order valence-corrected chi connectivity index (χ4v) is 2.99. The number of halogens is 1. The Hall–Kier alpha value is -3.33.